The van der Waals surface area contributed by atoms with Crippen LogP contribution in [0.25, 0.3) is 11.3 Å². The molecule has 0 radical (unpaired) electrons. The Morgan fingerprint density at radius 1 is 1.13 bits per heavy atom. The summed E-state index contributed by atoms with van der Waals surface area (Å²) in [4.78, 5) is 23.8. The van der Waals surface area contributed by atoms with Gasteiger partial charge in [0, 0.05) is 30.8 Å². The molecule has 2 aromatic heterocycles. The first kappa shape index (κ1) is 21.7. The van der Waals surface area contributed by atoms with Crippen molar-refractivity contribution in [3.63, 3.8) is 0 Å². The number of aromatic nitrogens is 3. The SMILES string of the molecule is CCC(C)(C)Cc1cnc(CC(NC(C)=O)c2ccc(-c3ccc(F)cn3)cc2)[nH]1. The van der Waals surface area contributed by atoms with E-state index in [4.69, 9.17) is 0 Å². The second-order valence-corrected chi connectivity index (χ2v) is 8.49. The smallest absolute Gasteiger partial charge is 0.217 e. The third-order valence-corrected chi connectivity index (χ3v) is 5.42. The van der Waals surface area contributed by atoms with Crippen molar-refractivity contribution >= 4 is 5.91 Å². The summed E-state index contributed by atoms with van der Waals surface area (Å²) >= 11 is 0. The molecule has 1 atom stereocenters. The summed E-state index contributed by atoms with van der Waals surface area (Å²) in [6.45, 7) is 8.19. The van der Waals surface area contributed by atoms with Crippen LogP contribution in [0.4, 0.5) is 4.39 Å². The molecule has 1 amide bonds. The standard InChI is InChI=1S/C24H29FN4O/c1-5-24(3,4)13-20-15-27-23(29-20)12-22(28-16(2)30)18-8-6-17(7-9-18)21-11-10-19(25)14-26-21/h6-11,14-15,22H,5,12-13H2,1-4H3,(H,27,29)(H,28,30). The number of amides is 1. The molecule has 3 aromatic rings. The van der Waals surface area contributed by atoms with E-state index >= 15 is 0 Å². The number of halogens is 1. The van der Waals surface area contributed by atoms with E-state index in [2.05, 4.69) is 41.0 Å². The van der Waals surface area contributed by atoms with Crippen molar-refractivity contribution in [2.24, 2.45) is 5.41 Å². The molecule has 0 aliphatic rings. The van der Waals surface area contributed by atoms with E-state index < -0.39 is 0 Å². The lowest BCUT2D eigenvalue weighted by Crippen LogP contribution is -2.28. The van der Waals surface area contributed by atoms with Gasteiger partial charge in [-0.05, 0) is 29.5 Å². The molecular weight excluding hydrogens is 379 g/mol. The van der Waals surface area contributed by atoms with Gasteiger partial charge in [0.15, 0.2) is 0 Å². The molecule has 0 saturated heterocycles. The van der Waals surface area contributed by atoms with E-state index in [1.807, 2.05) is 30.5 Å². The van der Waals surface area contributed by atoms with Crippen LogP contribution in [0.15, 0.2) is 48.8 Å². The molecule has 2 N–H and O–H groups in total. The van der Waals surface area contributed by atoms with Gasteiger partial charge in [-0.1, -0.05) is 51.5 Å². The van der Waals surface area contributed by atoms with E-state index in [1.165, 1.54) is 19.2 Å². The minimum Gasteiger partial charge on any atom is -0.349 e. The molecule has 1 aromatic carbocycles. The summed E-state index contributed by atoms with van der Waals surface area (Å²) in [5, 5.41) is 3.02. The second kappa shape index (κ2) is 9.20. The Morgan fingerprint density at radius 3 is 2.47 bits per heavy atom. The lowest BCUT2D eigenvalue weighted by atomic mass is 9.85. The number of nitrogens with zero attached hydrogens (tertiary/aromatic N) is 2. The zero-order chi connectivity index (χ0) is 21.7. The summed E-state index contributed by atoms with van der Waals surface area (Å²) < 4.78 is 13.1. The van der Waals surface area contributed by atoms with Crippen molar-refractivity contribution in [3.8, 4) is 11.3 Å². The molecule has 0 aliphatic carbocycles. The number of rotatable bonds is 8. The number of imidazole rings is 1. The molecule has 0 fully saturated rings. The third-order valence-electron chi connectivity index (χ3n) is 5.42. The fourth-order valence-electron chi connectivity index (χ4n) is 3.36. The summed E-state index contributed by atoms with van der Waals surface area (Å²) in [5.41, 5.74) is 3.89. The lowest BCUT2D eigenvalue weighted by molar-refractivity contribution is -0.119. The van der Waals surface area contributed by atoms with Crippen molar-refractivity contribution in [2.45, 2.75) is 53.0 Å². The Morgan fingerprint density at radius 2 is 1.87 bits per heavy atom. The number of hydrogen-bond acceptors (Lipinski definition) is 3. The molecule has 6 heteroatoms. The molecule has 0 aliphatic heterocycles. The average molecular weight is 409 g/mol. The highest BCUT2D eigenvalue weighted by atomic mass is 19.1. The molecular formula is C24H29FN4O. The summed E-state index contributed by atoms with van der Waals surface area (Å²) in [6, 6.07) is 10.6. The largest absolute Gasteiger partial charge is 0.349 e. The van der Waals surface area contributed by atoms with Crippen LogP contribution < -0.4 is 5.32 Å². The highest BCUT2D eigenvalue weighted by Crippen LogP contribution is 2.26. The first-order valence-electron chi connectivity index (χ1n) is 10.3. The van der Waals surface area contributed by atoms with Crippen molar-refractivity contribution < 1.29 is 9.18 Å². The van der Waals surface area contributed by atoms with Crippen LogP contribution in [0.2, 0.25) is 0 Å². The van der Waals surface area contributed by atoms with Crippen LogP contribution in [0.5, 0.6) is 0 Å². The molecule has 3 rings (SSSR count). The number of benzene rings is 1. The van der Waals surface area contributed by atoms with Crippen LogP contribution >= 0.6 is 0 Å². The van der Waals surface area contributed by atoms with Gasteiger partial charge in [0.25, 0.3) is 0 Å². The second-order valence-electron chi connectivity index (χ2n) is 8.49. The molecule has 158 valence electrons. The van der Waals surface area contributed by atoms with Gasteiger partial charge in [0.05, 0.1) is 17.9 Å². The molecule has 5 nitrogen and oxygen atoms in total. The van der Waals surface area contributed by atoms with Gasteiger partial charge in [-0.25, -0.2) is 9.37 Å². The topological polar surface area (TPSA) is 70.7 Å². The highest BCUT2D eigenvalue weighted by Gasteiger charge is 2.19. The van der Waals surface area contributed by atoms with Crippen molar-refractivity contribution in [1.82, 2.24) is 20.3 Å². The highest BCUT2D eigenvalue weighted by molar-refractivity contribution is 5.73. The van der Waals surface area contributed by atoms with Crippen molar-refractivity contribution in [2.75, 3.05) is 0 Å². The minimum atomic E-state index is -0.360. The fourth-order valence-corrected chi connectivity index (χ4v) is 3.36. The van der Waals surface area contributed by atoms with Crippen molar-refractivity contribution in [1.29, 1.82) is 0 Å². The third kappa shape index (κ3) is 5.75. The molecule has 0 spiro atoms. The van der Waals surface area contributed by atoms with Gasteiger partial charge in [-0.15, -0.1) is 0 Å². The number of nitrogens with one attached hydrogen (secondary N) is 2. The quantitative estimate of drug-likeness (QED) is 0.550. The average Bonchev–Trinajstić information content (AvgIpc) is 3.14. The summed E-state index contributed by atoms with van der Waals surface area (Å²) in [7, 11) is 0. The van der Waals surface area contributed by atoms with Gasteiger partial charge in [-0.2, -0.15) is 0 Å². The Bertz CT molecular complexity index is 977. The number of aromatic amines is 1. The number of pyridine rings is 1. The Labute approximate surface area is 177 Å². The molecule has 0 bridgehead atoms. The van der Waals surface area contributed by atoms with Crippen LogP contribution in [-0.4, -0.2) is 20.9 Å². The predicted octanol–water partition coefficient (Wildman–Crippen LogP) is 5.01. The van der Waals surface area contributed by atoms with E-state index in [0.29, 0.717) is 12.1 Å². The van der Waals surface area contributed by atoms with Crippen LogP contribution in [0, 0.1) is 11.2 Å². The van der Waals surface area contributed by atoms with E-state index in [-0.39, 0.29) is 23.2 Å². The van der Waals surface area contributed by atoms with E-state index in [9.17, 15) is 9.18 Å². The minimum absolute atomic E-state index is 0.0943. The maximum Gasteiger partial charge on any atom is 0.217 e. The molecule has 30 heavy (non-hydrogen) atoms. The molecule has 1 unspecified atom stereocenters. The fraction of sp³-hybridized carbons (Fsp3) is 0.375. The lowest BCUT2D eigenvalue weighted by Gasteiger charge is -2.21. The number of H-pyrrole nitrogens is 1. The first-order chi connectivity index (χ1) is 14.3. The van der Waals surface area contributed by atoms with E-state index in [1.54, 1.807) is 6.07 Å². The molecule has 0 saturated carbocycles. The number of hydrogen-bond donors (Lipinski definition) is 2. The molecule has 2 heterocycles. The van der Waals surface area contributed by atoms with Crippen LogP contribution in [-0.2, 0) is 17.6 Å². The van der Waals surface area contributed by atoms with Gasteiger partial charge >= 0.3 is 0 Å². The maximum absolute atomic E-state index is 13.1. The monoisotopic (exact) mass is 408 g/mol. The maximum atomic E-state index is 13.1. The van der Waals surface area contributed by atoms with Gasteiger partial charge in [0.1, 0.15) is 11.6 Å². The number of carbonyl (C=O) groups is 1. The zero-order valence-corrected chi connectivity index (χ0v) is 18.0. The first-order valence-corrected chi connectivity index (χ1v) is 10.3. The van der Waals surface area contributed by atoms with Gasteiger partial charge in [0.2, 0.25) is 5.91 Å². The zero-order valence-electron chi connectivity index (χ0n) is 18.0. The normalized spacial score (nSPS) is 12.6. The van der Waals surface area contributed by atoms with Gasteiger partial charge in [-0.3, -0.25) is 9.78 Å². The summed E-state index contributed by atoms with van der Waals surface area (Å²) in [6.07, 6.45) is 5.69. The van der Waals surface area contributed by atoms with Crippen LogP contribution in [0.3, 0.4) is 0 Å². The predicted molar refractivity (Wildman–Crippen MR) is 116 cm³/mol. The van der Waals surface area contributed by atoms with Crippen molar-refractivity contribution in [3.05, 3.63) is 71.7 Å². The van der Waals surface area contributed by atoms with E-state index in [0.717, 1.165) is 35.5 Å². The Hall–Kier alpha value is -3.02. The Balaban J connectivity index is 1.77. The summed E-state index contributed by atoms with van der Waals surface area (Å²) in [5.74, 6) is 0.393. The Kier molecular flexibility index (Phi) is 6.65. The number of carbonyl (C=O) groups excluding carboxylic acids is 1. The van der Waals surface area contributed by atoms with Crippen LogP contribution in [0.1, 0.15) is 57.2 Å². The van der Waals surface area contributed by atoms with Gasteiger partial charge < -0.3 is 10.3 Å².